The maximum absolute atomic E-state index is 10.2. The minimum Gasteiger partial charge on any atom is -0.388 e. The molecular weight excluding hydrogens is 366 g/mol. The summed E-state index contributed by atoms with van der Waals surface area (Å²) in [6, 6.07) is 5.85. The number of aromatic nitrogens is 1. The molecule has 2 heterocycles. The lowest BCUT2D eigenvalue weighted by molar-refractivity contribution is 0.177. The van der Waals surface area contributed by atoms with E-state index in [2.05, 4.69) is 36.8 Å². The van der Waals surface area contributed by atoms with E-state index in [1.165, 1.54) is 0 Å². The van der Waals surface area contributed by atoms with Gasteiger partial charge >= 0.3 is 0 Å². The molecule has 0 bridgehead atoms. The number of hydrogen-bond acceptors (Lipinski definition) is 3. The molecule has 0 saturated carbocycles. The molecule has 2 rings (SSSR count). The molecule has 2 nitrogen and oxygen atoms in total. The summed E-state index contributed by atoms with van der Waals surface area (Å²) in [5, 5.41) is 10.2. The highest BCUT2D eigenvalue weighted by atomic mass is 79.9. The van der Waals surface area contributed by atoms with E-state index in [0.29, 0.717) is 6.42 Å². The first kappa shape index (κ1) is 13.2. The number of rotatable bonds is 3. The molecule has 0 aliphatic carbocycles. The lowest BCUT2D eigenvalue weighted by Gasteiger charge is -2.10. The van der Waals surface area contributed by atoms with Gasteiger partial charge < -0.3 is 5.11 Å². The third kappa shape index (κ3) is 3.16. The molecule has 0 aromatic carbocycles. The third-order valence-electron chi connectivity index (χ3n) is 2.55. The van der Waals surface area contributed by atoms with E-state index in [0.717, 1.165) is 24.4 Å². The van der Waals surface area contributed by atoms with Crippen LogP contribution in [0, 0.1) is 6.92 Å². The van der Waals surface area contributed by atoms with Gasteiger partial charge in [-0.1, -0.05) is 6.07 Å². The standard InChI is InChI=1S/C12H11Br2NOS/c1-7-3-2-4-15-9(7)6-10(16)8-5-11(13)17-12(8)14/h2-5,10,16H,6H2,1H3. The van der Waals surface area contributed by atoms with Crippen LogP contribution in [0.25, 0.3) is 0 Å². The minimum atomic E-state index is -0.527. The molecular formula is C12H11Br2NOS. The van der Waals surface area contributed by atoms with Crippen molar-refractivity contribution >= 4 is 43.2 Å². The second-order valence-corrected chi connectivity index (χ2v) is 7.52. The molecule has 90 valence electrons. The van der Waals surface area contributed by atoms with Gasteiger partial charge in [0, 0.05) is 23.9 Å². The Morgan fingerprint density at radius 2 is 2.24 bits per heavy atom. The first-order valence-electron chi connectivity index (χ1n) is 5.11. The molecule has 1 N–H and O–H groups in total. The second kappa shape index (κ2) is 5.61. The zero-order chi connectivity index (χ0) is 12.4. The Morgan fingerprint density at radius 1 is 1.47 bits per heavy atom. The first-order chi connectivity index (χ1) is 8.08. The summed E-state index contributed by atoms with van der Waals surface area (Å²) in [6.07, 6.45) is 1.77. The van der Waals surface area contributed by atoms with Crippen molar-refractivity contribution in [2.45, 2.75) is 19.4 Å². The molecule has 0 spiro atoms. The molecule has 5 heteroatoms. The van der Waals surface area contributed by atoms with Gasteiger partial charge in [-0.15, -0.1) is 11.3 Å². The van der Waals surface area contributed by atoms with Gasteiger partial charge in [0.15, 0.2) is 0 Å². The van der Waals surface area contributed by atoms with Crippen molar-refractivity contribution in [2.24, 2.45) is 0 Å². The molecule has 0 aliphatic heterocycles. The highest BCUT2D eigenvalue weighted by Gasteiger charge is 2.16. The maximum atomic E-state index is 10.2. The van der Waals surface area contributed by atoms with Crippen LogP contribution < -0.4 is 0 Å². The molecule has 0 amide bonds. The number of pyridine rings is 1. The van der Waals surface area contributed by atoms with Crippen molar-refractivity contribution in [3.05, 3.63) is 48.8 Å². The minimum absolute atomic E-state index is 0.527. The van der Waals surface area contributed by atoms with E-state index in [1.54, 1.807) is 17.5 Å². The maximum Gasteiger partial charge on any atom is 0.0865 e. The molecule has 2 aromatic rings. The number of aliphatic hydroxyl groups is 1. The summed E-state index contributed by atoms with van der Waals surface area (Å²) in [4.78, 5) is 4.30. The predicted molar refractivity (Wildman–Crippen MR) is 77.4 cm³/mol. The van der Waals surface area contributed by atoms with Crippen LogP contribution in [0.3, 0.4) is 0 Å². The number of nitrogens with zero attached hydrogens (tertiary/aromatic N) is 1. The van der Waals surface area contributed by atoms with Crippen LogP contribution in [0.2, 0.25) is 0 Å². The van der Waals surface area contributed by atoms with Gasteiger partial charge in [-0.2, -0.15) is 0 Å². The van der Waals surface area contributed by atoms with Crippen LogP contribution in [-0.2, 0) is 6.42 Å². The summed E-state index contributed by atoms with van der Waals surface area (Å²) in [6.45, 7) is 2.01. The monoisotopic (exact) mass is 375 g/mol. The smallest absolute Gasteiger partial charge is 0.0865 e. The van der Waals surface area contributed by atoms with Gasteiger partial charge in [0.2, 0.25) is 0 Å². The van der Waals surface area contributed by atoms with E-state index < -0.39 is 6.10 Å². The summed E-state index contributed by atoms with van der Waals surface area (Å²) in [7, 11) is 0. The fourth-order valence-corrected chi connectivity index (χ4v) is 4.56. The van der Waals surface area contributed by atoms with Gasteiger partial charge in [-0.25, -0.2) is 0 Å². The second-order valence-electron chi connectivity index (χ2n) is 3.77. The van der Waals surface area contributed by atoms with Gasteiger partial charge in [0.1, 0.15) is 0 Å². The predicted octanol–water partition coefficient (Wildman–Crippen LogP) is 4.25. The van der Waals surface area contributed by atoms with Crippen molar-refractivity contribution in [2.75, 3.05) is 0 Å². The Labute approximate surface area is 121 Å². The average molecular weight is 377 g/mol. The van der Waals surface area contributed by atoms with E-state index >= 15 is 0 Å². The summed E-state index contributed by atoms with van der Waals surface area (Å²) in [5.74, 6) is 0. The van der Waals surface area contributed by atoms with Crippen molar-refractivity contribution < 1.29 is 5.11 Å². The van der Waals surface area contributed by atoms with Crippen molar-refractivity contribution in [1.82, 2.24) is 4.98 Å². The van der Waals surface area contributed by atoms with E-state index in [4.69, 9.17) is 0 Å². The van der Waals surface area contributed by atoms with E-state index in [1.807, 2.05) is 25.1 Å². The molecule has 2 aromatic heterocycles. The van der Waals surface area contributed by atoms with Crippen molar-refractivity contribution in [1.29, 1.82) is 0 Å². The third-order valence-corrected chi connectivity index (χ3v) is 4.93. The quantitative estimate of drug-likeness (QED) is 0.868. The molecule has 0 fully saturated rings. The summed E-state index contributed by atoms with van der Waals surface area (Å²) >= 11 is 8.44. The van der Waals surface area contributed by atoms with Crippen LogP contribution >= 0.6 is 43.2 Å². The van der Waals surface area contributed by atoms with Crippen LogP contribution in [0.15, 0.2) is 32.0 Å². The van der Waals surface area contributed by atoms with Crippen molar-refractivity contribution in [3.8, 4) is 0 Å². The van der Waals surface area contributed by atoms with E-state index in [-0.39, 0.29) is 0 Å². The lowest BCUT2D eigenvalue weighted by Crippen LogP contribution is -2.04. The number of aryl methyl sites for hydroxylation is 1. The van der Waals surface area contributed by atoms with E-state index in [9.17, 15) is 5.11 Å². The molecule has 0 aliphatic rings. The Kier molecular flexibility index (Phi) is 4.36. The summed E-state index contributed by atoms with van der Waals surface area (Å²) in [5.41, 5.74) is 2.96. The van der Waals surface area contributed by atoms with Crippen LogP contribution in [0.1, 0.15) is 22.9 Å². The Hall–Kier alpha value is -0.230. The normalized spacial score (nSPS) is 12.7. The Morgan fingerprint density at radius 3 is 2.82 bits per heavy atom. The lowest BCUT2D eigenvalue weighted by atomic mass is 10.1. The van der Waals surface area contributed by atoms with Crippen LogP contribution in [0.4, 0.5) is 0 Å². The highest BCUT2D eigenvalue weighted by molar-refractivity contribution is 9.12. The Balaban J connectivity index is 2.20. The number of halogens is 2. The fourth-order valence-electron chi connectivity index (χ4n) is 1.61. The van der Waals surface area contributed by atoms with Crippen LogP contribution in [-0.4, -0.2) is 10.1 Å². The molecule has 17 heavy (non-hydrogen) atoms. The van der Waals surface area contributed by atoms with Crippen LogP contribution in [0.5, 0.6) is 0 Å². The average Bonchev–Trinajstić information content (AvgIpc) is 2.61. The number of aliphatic hydroxyl groups excluding tert-OH is 1. The van der Waals surface area contributed by atoms with Gasteiger partial charge in [0.05, 0.1) is 13.7 Å². The number of hydrogen-bond donors (Lipinski definition) is 1. The van der Waals surface area contributed by atoms with Gasteiger partial charge in [-0.3, -0.25) is 4.98 Å². The molecule has 0 radical (unpaired) electrons. The number of thiophene rings is 1. The fraction of sp³-hybridized carbons (Fsp3) is 0.250. The molecule has 1 unspecified atom stereocenters. The topological polar surface area (TPSA) is 33.1 Å². The van der Waals surface area contributed by atoms with Gasteiger partial charge in [0.25, 0.3) is 0 Å². The summed E-state index contributed by atoms with van der Waals surface area (Å²) < 4.78 is 1.97. The highest BCUT2D eigenvalue weighted by Crippen LogP contribution is 2.36. The largest absolute Gasteiger partial charge is 0.388 e. The Bertz CT molecular complexity index is 527. The molecule has 1 atom stereocenters. The zero-order valence-electron chi connectivity index (χ0n) is 9.15. The van der Waals surface area contributed by atoms with Gasteiger partial charge in [-0.05, 0) is 56.5 Å². The zero-order valence-corrected chi connectivity index (χ0v) is 13.1. The first-order valence-corrected chi connectivity index (χ1v) is 7.51. The SMILES string of the molecule is Cc1cccnc1CC(O)c1cc(Br)sc1Br. The molecule has 0 saturated heterocycles. The van der Waals surface area contributed by atoms with Crippen molar-refractivity contribution in [3.63, 3.8) is 0 Å².